The van der Waals surface area contributed by atoms with Crippen molar-refractivity contribution in [3.8, 4) is 0 Å². The molecule has 0 radical (unpaired) electrons. The molecule has 0 bridgehead atoms. The lowest BCUT2D eigenvalue weighted by Crippen LogP contribution is -2.12. The second-order valence-corrected chi connectivity index (χ2v) is 7.63. The van der Waals surface area contributed by atoms with E-state index in [2.05, 4.69) is 29.4 Å². The summed E-state index contributed by atoms with van der Waals surface area (Å²) in [5, 5.41) is 12.0. The molecule has 1 unspecified atom stereocenters. The SMILES string of the molecule is CCC(C)Sc1nnc(NC(=O)c2ccc(C)c(C)c2)s1. The van der Waals surface area contributed by atoms with Crippen LogP contribution in [0.4, 0.5) is 5.13 Å². The molecule has 0 aliphatic rings. The zero-order valence-electron chi connectivity index (χ0n) is 12.6. The molecule has 1 N–H and O–H groups in total. The number of hydrogen-bond donors (Lipinski definition) is 1. The number of hydrogen-bond acceptors (Lipinski definition) is 5. The Labute approximate surface area is 133 Å². The fourth-order valence-corrected chi connectivity index (χ4v) is 3.61. The van der Waals surface area contributed by atoms with Gasteiger partial charge in [-0.25, -0.2) is 0 Å². The number of carbonyl (C=O) groups is 1. The van der Waals surface area contributed by atoms with Crippen LogP contribution < -0.4 is 5.32 Å². The summed E-state index contributed by atoms with van der Waals surface area (Å²) in [6.45, 7) is 8.32. The lowest BCUT2D eigenvalue weighted by molar-refractivity contribution is 0.102. The van der Waals surface area contributed by atoms with E-state index in [1.54, 1.807) is 11.8 Å². The van der Waals surface area contributed by atoms with Gasteiger partial charge in [0.2, 0.25) is 5.13 Å². The lowest BCUT2D eigenvalue weighted by Gasteiger charge is -2.04. The minimum absolute atomic E-state index is 0.144. The maximum Gasteiger partial charge on any atom is 0.257 e. The van der Waals surface area contributed by atoms with Crippen molar-refractivity contribution in [3.05, 3.63) is 34.9 Å². The maximum atomic E-state index is 12.2. The summed E-state index contributed by atoms with van der Waals surface area (Å²) in [6.07, 6.45) is 1.08. The van der Waals surface area contributed by atoms with Crippen LogP contribution in [0.5, 0.6) is 0 Å². The number of aryl methyl sites for hydroxylation is 2. The fourth-order valence-electron chi connectivity index (χ4n) is 1.62. The number of rotatable bonds is 5. The third-order valence-corrected chi connectivity index (χ3v) is 5.46. The van der Waals surface area contributed by atoms with E-state index in [4.69, 9.17) is 0 Å². The van der Waals surface area contributed by atoms with Crippen LogP contribution in [0.2, 0.25) is 0 Å². The second-order valence-electron chi connectivity index (χ2n) is 4.96. The summed E-state index contributed by atoms with van der Waals surface area (Å²) in [6, 6.07) is 5.67. The summed E-state index contributed by atoms with van der Waals surface area (Å²) in [7, 11) is 0. The lowest BCUT2D eigenvalue weighted by atomic mass is 10.1. The molecule has 0 fully saturated rings. The number of nitrogens with one attached hydrogen (secondary N) is 1. The quantitative estimate of drug-likeness (QED) is 0.659. The van der Waals surface area contributed by atoms with Crippen molar-refractivity contribution in [2.24, 2.45) is 0 Å². The Morgan fingerprint density at radius 2 is 2.10 bits per heavy atom. The predicted molar refractivity (Wildman–Crippen MR) is 89.4 cm³/mol. The Morgan fingerprint density at radius 1 is 1.33 bits per heavy atom. The minimum Gasteiger partial charge on any atom is -0.296 e. The molecule has 0 saturated heterocycles. The first-order chi connectivity index (χ1) is 9.99. The van der Waals surface area contributed by atoms with Crippen molar-refractivity contribution in [1.82, 2.24) is 10.2 Å². The number of amides is 1. The average molecular weight is 321 g/mol. The molecule has 1 atom stereocenters. The van der Waals surface area contributed by atoms with Gasteiger partial charge in [-0.3, -0.25) is 10.1 Å². The zero-order valence-corrected chi connectivity index (χ0v) is 14.3. The summed E-state index contributed by atoms with van der Waals surface area (Å²) in [4.78, 5) is 12.2. The van der Waals surface area contributed by atoms with Gasteiger partial charge in [-0.15, -0.1) is 10.2 Å². The topological polar surface area (TPSA) is 54.9 Å². The van der Waals surface area contributed by atoms with Gasteiger partial charge in [0.15, 0.2) is 4.34 Å². The molecule has 2 aromatic rings. The third-order valence-electron chi connectivity index (χ3n) is 3.27. The number of anilines is 1. The van der Waals surface area contributed by atoms with E-state index in [1.165, 1.54) is 16.9 Å². The number of thioether (sulfide) groups is 1. The summed E-state index contributed by atoms with van der Waals surface area (Å²) < 4.78 is 0.889. The van der Waals surface area contributed by atoms with Crippen LogP contribution >= 0.6 is 23.1 Å². The van der Waals surface area contributed by atoms with Crippen molar-refractivity contribution < 1.29 is 4.79 Å². The van der Waals surface area contributed by atoms with E-state index in [-0.39, 0.29) is 5.91 Å². The van der Waals surface area contributed by atoms with E-state index in [0.29, 0.717) is 15.9 Å². The van der Waals surface area contributed by atoms with Gasteiger partial charge in [-0.1, -0.05) is 43.0 Å². The average Bonchev–Trinajstić information content (AvgIpc) is 2.88. The van der Waals surface area contributed by atoms with E-state index >= 15 is 0 Å². The van der Waals surface area contributed by atoms with Gasteiger partial charge in [-0.2, -0.15) is 0 Å². The van der Waals surface area contributed by atoms with Gasteiger partial charge in [0.1, 0.15) is 0 Å². The number of aromatic nitrogens is 2. The van der Waals surface area contributed by atoms with Crippen LogP contribution in [0, 0.1) is 13.8 Å². The Balaban J connectivity index is 2.04. The van der Waals surface area contributed by atoms with Gasteiger partial charge >= 0.3 is 0 Å². The molecule has 1 amide bonds. The Bertz CT molecular complexity index is 640. The third kappa shape index (κ3) is 4.28. The molecular formula is C15H19N3OS2. The molecular weight excluding hydrogens is 302 g/mol. The van der Waals surface area contributed by atoms with Gasteiger partial charge in [0, 0.05) is 10.8 Å². The van der Waals surface area contributed by atoms with Crippen molar-refractivity contribution in [2.45, 2.75) is 43.7 Å². The van der Waals surface area contributed by atoms with Crippen molar-refractivity contribution >= 4 is 34.1 Å². The molecule has 4 nitrogen and oxygen atoms in total. The molecule has 112 valence electrons. The smallest absolute Gasteiger partial charge is 0.257 e. The Morgan fingerprint density at radius 3 is 2.76 bits per heavy atom. The first-order valence-corrected chi connectivity index (χ1v) is 8.58. The summed E-state index contributed by atoms with van der Waals surface area (Å²) in [5.74, 6) is -0.144. The van der Waals surface area contributed by atoms with Gasteiger partial charge in [0.25, 0.3) is 5.91 Å². The molecule has 21 heavy (non-hydrogen) atoms. The maximum absolute atomic E-state index is 12.2. The Hall–Kier alpha value is -1.40. The highest BCUT2D eigenvalue weighted by molar-refractivity contribution is 8.01. The Kier molecular flexibility index (Phi) is 5.36. The van der Waals surface area contributed by atoms with Crippen molar-refractivity contribution in [1.29, 1.82) is 0 Å². The number of benzene rings is 1. The molecule has 0 aliphatic heterocycles. The van der Waals surface area contributed by atoms with E-state index in [1.807, 2.05) is 32.0 Å². The molecule has 1 aromatic carbocycles. The largest absolute Gasteiger partial charge is 0.296 e. The predicted octanol–water partition coefficient (Wildman–Crippen LogP) is 4.30. The highest BCUT2D eigenvalue weighted by atomic mass is 32.2. The van der Waals surface area contributed by atoms with Crippen molar-refractivity contribution in [2.75, 3.05) is 5.32 Å². The van der Waals surface area contributed by atoms with Crippen LogP contribution in [0.15, 0.2) is 22.5 Å². The van der Waals surface area contributed by atoms with Gasteiger partial charge in [-0.05, 0) is 43.5 Å². The van der Waals surface area contributed by atoms with E-state index in [9.17, 15) is 4.79 Å². The van der Waals surface area contributed by atoms with E-state index in [0.717, 1.165) is 16.3 Å². The summed E-state index contributed by atoms with van der Waals surface area (Å²) in [5.41, 5.74) is 2.92. The highest BCUT2D eigenvalue weighted by Gasteiger charge is 2.12. The molecule has 0 saturated carbocycles. The normalized spacial score (nSPS) is 12.2. The van der Waals surface area contributed by atoms with Crippen LogP contribution in [0.25, 0.3) is 0 Å². The molecule has 0 aliphatic carbocycles. The second kappa shape index (κ2) is 7.04. The molecule has 1 aromatic heterocycles. The number of nitrogens with zero attached hydrogens (tertiary/aromatic N) is 2. The van der Waals surface area contributed by atoms with Crippen LogP contribution in [-0.4, -0.2) is 21.4 Å². The first kappa shape index (κ1) is 16.0. The summed E-state index contributed by atoms with van der Waals surface area (Å²) >= 11 is 3.10. The van der Waals surface area contributed by atoms with Crippen LogP contribution in [0.3, 0.4) is 0 Å². The molecule has 6 heteroatoms. The zero-order chi connectivity index (χ0) is 15.4. The first-order valence-electron chi connectivity index (χ1n) is 6.88. The minimum atomic E-state index is -0.144. The standard InChI is InChI=1S/C15H19N3OS2/c1-5-11(4)20-15-18-17-14(21-15)16-13(19)12-7-6-9(2)10(3)8-12/h6-8,11H,5H2,1-4H3,(H,16,17,19). The van der Waals surface area contributed by atoms with E-state index < -0.39 is 0 Å². The monoisotopic (exact) mass is 321 g/mol. The molecule has 0 spiro atoms. The van der Waals surface area contributed by atoms with Gasteiger partial charge in [0.05, 0.1) is 0 Å². The van der Waals surface area contributed by atoms with Crippen LogP contribution in [0.1, 0.15) is 41.8 Å². The highest BCUT2D eigenvalue weighted by Crippen LogP contribution is 2.30. The van der Waals surface area contributed by atoms with Gasteiger partial charge < -0.3 is 0 Å². The van der Waals surface area contributed by atoms with Crippen LogP contribution in [-0.2, 0) is 0 Å². The van der Waals surface area contributed by atoms with Crippen molar-refractivity contribution in [3.63, 3.8) is 0 Å². The molecule has 1 heterocycles. The fraction of sp³-hybridized carbons (Fsp3) is 0.400. The molecule has 2 rings (SSSR count). The number of carbonyl (C=O) groups excluding carboxylic acids is 1.